The quantitative estimate of drug-likeness (QED) is 0.596. The van der Waals surface area contributed by atoms with E-state index in [9.17, 15) is 13.2 Å². The van der Waals surface area contributed by atoms with Crippen molar-refractivity contribution in [2.45, 2.75) is 31.9 Å². The average molecular weight is 399 g/mol. The maximum atomic E-state index is 12.3. The molecule has 3 heterocycles. The van der Waals surface area contributed by atoms with Crippen LogP contribution in [0.25, 0.3) is 22.4 Å². The second kappa shape index (κ2) is 6.97. The smallest absolute Gasteiger partial charge is 0.406 e. The second-order valence-corrected chi connectivity index (χ2v) is 6.40. The molecule has 27 heavy (non-hydrogen) atoms. The van der Waals surface area contributed by atoms with Gasteiger partial charge in [0.1, 0.15) is 23.2 Å². The van der Waals surface area contributed by atoms with Gasteiger partial charge in [-0.25, -0.2) is 9.97 Å². The number of nitrogens with zero attached hydrogens (tertiary/aromatic N) is 4. The normalized spacial score (nSPS) is 18.0. The number of hydrogen-bond donors (Lipinski definition) is 0. The Morgan fingerprint density at radius 2 is 1.93 bits per heavy atom. The zero-order chi connectivity index (χ0) is 19.0. The van der Waals surface area contributed by atoms with Gasteiger partial charge in [0.2, 0.25) is 5.28 Å². The van der Waals surface area contributed by atoms with Crippen molar-refractivity contribution in [3.05, 3.63) is 35.9 Å². The molecule has 3 aromatic rings. The monoisotopic (exact) mass is 398 g/mol. The van der Waals surface area contributed by atoms with Crippen LogP contribution in [0.3, 0.4) is 0 Å². The Bertz CT molecular complexity index is 953. The summed E-state index contributed by atoms with van der Waals surface area (Å²) in [7, 11) is 0. The molecule has 10 heteroatoms. The van der Waals surface area contributed by atoms with E-state index in [1.807, 2.05) is 4.57 Å². The minimum absolute atomic E-state index is 0.0191. The van der Waals surface area contributed by atoms with Crippen molar-refractivity contribution in [2.24, 2.45) is 0 Å². The van der Waals surface area contributed by atoms with Crippen LogP contribution in [0.5, 0.6) is 5.75 Å². The Morgan fingerprint density at radius 3 is 2.59 bits per heavy atom. The van der Waals surface area contributed by atoms with E-state index in [0.29, 0.717) is 29.0 Å². The molecule has 2 aromatic heterocycles. The van der Waals surface area contributed by atoms with Gasteiger partial charge in [0.15, 0.2) is 5.65 Å². The van der Waals surface area contributed by atoms with E-state index in [1.165, 1.54) is 24.3 Å². The lowest BCUT2D eigenvalue weighted by Gasteiger charge is -2.23. The van der Waals surface area contributed by atoms with E-state index in [4.69, 9.17) is 16.3 Å². The molecule has 0 bridgehead atoms. The topological polar surface area (TPSA) is 62.1 Å². The molecular formula is C17H14ClF3N4O2. The van der Waals surface area contributed by atoms with Gasteiger partial charge in [-0.1, -0.05) is 0 Å². The molecule has 0 spiro atoms. The lowest BCUT2D eigenvalue weighted by Crippen LogP contribution is -2.17. The number of halogens is 4. The molecule has 0 amide bonds. The summed E-state index contributed by atoms with van der Waals surface area (Å²) in [6.07, 6.45) is -0.411. The third-order valence-corrected chi connectivity index (χ3v) is 4.39. The molecule has 1 atom stereocenters. The minimum atomic E-state index is -4.74. The summed E-state index contributed by atoms with van der Waals surface area (Å²) in [5, 5.41) is 0.0191. The number of imidazole rings is 1. The largest absolute Gasteiger partial charge is 0.573 e. The van der Waals surface area contributed by atoms with Crippen LogP contribution < -0.4 is 4.74 Å². The van der Waals surface area contributed by atoms with Crippen LogP contribution in [0.4, 0.5) is 13.2 Å². The summed E-state index contributed by atoms with van der Waals surface area (Å²) in [6, 6.07) is 5.36. The van der Waals surface area contributed by atoms with Crippen molar-refractivity contribution in [3.63, 3.8) is 0 Å². The van der Waals surface area contributed by atoms with Crippen molar-refractivity contribution in [2.75, 3.05) is 6.61 Å². The van der Waals surface area contributed by atoms with Crippen molar-refractivity contribution in [1.82, 2.24) is 19.5 Å². The first-order valence-electron chi connectivity index (χ1n) is 8.28. The van der Waals surface area contributed by atoms with Crippen LogP contribution in [0.2, 0.25) is 5.28 Å². The molecule has 1 saturated heterocycles. The van der Waals surface area contributed by atoms with Crippen molar-refractivity contribution < 1.29 is 22.6 Å². The first-order chi connectivity index (χ1) is 12.9. The molecular weight excluding hydrogens is 385 g/mol. The molecule has 1 aliphatic heterocycles. The van der Waals surface area contributed by atoms with Crippen molar-refractivity contribution >= 4 is 22.8 Å². The van der Waals surface area contributed by atoms with Crippen molar-refractivity contribution in [1.29, 1.82) is 0 Å². The molecule has 0 aliphatic carbocycles. The predicted octanol–water partition coefficient (Wildman–Crippen LogP) is 4.74. The van der Waals surface area contributed by atoms with Crippen molar-refractivity contribution in [3.8, 4) is 17.0 Å². The lowest BCUT2D eigenvalue weighted by atomic mass is 10.1. The molecule has 0 radical (unpaired) electrons. The van der Waals surface area contributed by atoms with Crippen LogP contribution in [0.1, 0.15) is 25.5 Å². The van der Waals surface area contributed by atoms with Gasteiger partial charge in [-0.3, -0.25) is 4.57 Å². The molecule has 142 valence electrons. The standard InChI is InChI=1S/C17H14ClF3N4O2/c18-16-23-13(10-4-6-11(7-5-10)27-17(19,20)21)14-15(24-16)25(9-22-14)12-3-1-2-8-26-12/h4-7,9,12H,1-3,8H2. The summed E-state index contributed by atoms with van der Waals surface area (Å²) in [6.45, 7) is 0.663. The predicted molar refractivity (Wildman–Crippen MR) is 91.3 cm³/mol. The van der Waals surface area contributed by atoms with Crippen LogP contribution in [0.15, 0.2) is 30.6 Å². The first kappa shape index (κ1) is 18.0. The number of ether oxygens (including phenoxy) is 2. The van der Waals surface area contributed by atoms with E-state index in [2.05, 4.69) is 19.7 Å². The molecule has 0 saturated carbocycles. The van der Waals surface area contributed by atoms with Gasteiger partial charge in [-0.2, -0.15) is 4.98 Å². The van der Waals surface area contributed by atoms with Gasteiger partial charge >= 0.3 is 6.36 Å². The van der Waals surface area contributed by atoms with Gasteiger partial charge < -0.3 is 9.47 Å². The molecule has 1 aromatic carbocycles. The highest BCUT2D eigenvalue weighted by molar-refractivity contribution is 6.28. The summed E-state index contributed by atoms with van der Waals surface area (Å²) in [4.78, 5) is 12.9. The highest BCUT2D eigenvalue weighted by Crippen LogP contribution is 2.32. The zero-order valence-corrected chi connectivity index (χ0v) is 14.7. The maximum Gasteiger partial charge on any atom is 0.573 e. The zero-order valence-electron chi connectivity index (χ0n) is 13.9. The van der Waals surface area contributed by atoms with Gasteiger partial charge in [0.25, 0.3) is 0 Å². The average Bonchev–Trinajstić information content (AvgIpc) is 3.05. The van der Waals surface area contributed by atoms with Gasteiger partial charge in [0, 0.05) is 12.2 Å². The van der Waals surface area contributed by atoms with E-state index >= 15 is 0 Å². The maximum absolute atomic E-state index is 12.3. The summed E-state index contributed by atoms with van der Waals surface area (Å²) in [5.74, 6) is -0.316. The fourth-order valence-electron chi connectivity index (χ4n) is 3.06. The van der Waals surface area contributed by atoms with Gasteiger partial charge in [0.05, 0.1) is 6.33 Å². The Hall–Kier alpha value is -2.39. The number of aromatic nitrogens is 4. The third kappa shape index (κ3) is 3.84. The fourth-order valence-corrected chi connectivity index (χ4v) is 3.22. The summed E-state index contributed by atoms with van der Waals surface area (Å²) >= 11 is 6.08. The lowest BCUT2D eigenvalue weighted by molar-refractivity contribution is -0.274. The molecule has 0 N–H and O–H groups in total. The highest BCUT2D eigenvalue weighted by atomic mass is 35.5. The molecule has 1 unspecified atom stereocenters. The second-order valence-electron chi connectivity index (χ2n) is 6.06. The Morgan fingerprint density at radius 1 is 1.15 bits per heavy atom. The first-order valence-corrected chi connectivity index (χ1v) is 8.66. The van der Waals surface area contributed by atoms with Gasteiger partial charge in [-0.05, 0) is 55.1 Å². The minimum Gasteiger partial charge on any atom is -0.406 e. The fraction of sp³-hybridized carbons (Fsp3) is 0.353. The van der Waals surface area contributed by atoms with Crippen LogP contribution >= 0.6 is 11.6 Å². The van der Waals surface area contributed by atoms with E-state index in [1.54, 1.807) is 6.33 Å². The molecule has 1 aliphatic rings. The van der Waals surface area contributed by atoms with Crippen LogP contribution in [-0.2, 0) is 4.74 Å². The highest BCUT2D eigenvalue weighted by Gasteiger charge is 2.31. The number of hydrogen-bond acceptors (Lipinski definition) is 5. The summed E-state index contributed by atoms with van der Waals surface area (Å²) < 4.78 is 48.4. The third-order valence-electron chi connectivity index (χ3n) is 4.22. The Kier molecular flexibility index (Phi) is 4.65. The Balaban J connectivity index is 1.72. The molecule has 6 nitrogen and oxygen atoms in total. The van der Waals surface area contributed by atoms with Crippen LogP contribution in [-0.4, -0.2) is 32.5 Å². The Labute approximate surface area is 156 Å². The summed E-state index contributed by atoms with van der Waals surface area (Å²) in [5.41, 5.74) is 2.00. The molecule has 1 fully saturated rings. The van der Waals surface area contributed by atoms with E-state index in [0.717, 1.165) is 19.3 Å². The van der Waals surface area contributed by atoms with Gasteiger partial charge in [-0.15, -0.1) is 13.2 Å². The number of rotatable bonds is 3. The SMILES string of the molecule is FC(F)(F)Oc1ccc(-c2nc(Cl)nc3c2ncn3C2CCCCO2)cc1. The number of fused-ring (bicyclic) bond motifs is 1. The number of benzene rings is 1. The van der Waals surface area contributed by atoms with Crippen LogP contribution in [0, 0.1) is 0 Å². The molecule has 4 rings (SSSR count). The van der Waals surface area contributed by atoms with E-state index in [-0.39, 0.29) is 17.3 Å². The number of alkyl halides is 3. The van der Waals surface area contributed by atoms with E-state index < -0.39 is 6.36 Å².